The molecule has 0 atom stereocenters. The maximum absolute atomic E-state index is 12.7. The lowest BCUT2D eigenvalue weighted by Gasteiger charge is -2.12. The van der Waals surface area contributed by atoms with E-state index in [1.54, 1.807) is 18.3 Å². The number of esters is 1. The Hall–Kier alpha value is -2.17. The number of aryl methyl sites for hydroxylation is 2. The van der Waals surface area contributed by atoms with Crippen molar-refractivity contribution in [3.05, 3.63) is 32.3 Å². The number of thioether (sulfide) groups is 1. The summed E-state index contributed by atoms with van der Waals surface area (Å²) in [6.45, 7) is 4.23. The zero-order valence-electron chi connectivity index (χ0n) is 18.4. The molecule has 0 radical (unpaired) electrons. The van der Waals surface area contributed by atoms with Gasteiger partial charge in [-0.1, -0.05) is 18.7 Å². The predicted molar refractivity (Wildman–Crippen MR) is 130 cm³/mol. The van der Waals surface area contributed by atoms with E-state index in [-0.39, 0.29) is 17.6 Å². The molecule has 0 saturated carbocycles. The molecule has 4 rings (SSSR count). The van der Waals surface area contributed by atoms with E-state index >= 15 is 0 Å². The van der Waals surface area contributed by atoms with Gasteiger partial charge in [0.15, 0.2) is 11.0 Å². The van der Waals surface area contributed by atoms with Crippen molar-refractivity contribution in [1.82, 2.24) is 14.8 Å². The quantitative estimate of drug-likeness (QED) is 0.355. The minimum Gasteiger partial charge on any atom is -0.462 e. The first kappa shape index (κ1) is 23.0. The summed E-state index contributed by atoms with van der Waals surface area (Å²) >= 11 is 4.54. The smallest absolute Gasteiger partial charge is 0.341 e. The van der Waals surface area contributed by atoms with Crippen molar-refractivity contribution in [2.75, 3.05) is 17.7 Å². The first-order valence-corrected chi connectivity index (χ1v) is 13.4. The Kier molecular flexibility index (Phi) is 7.32. The van der Waals surface area contributed by atoms with Crippen molar-refractivity contribution in [3.63, 3.8) is 0 Å². The van der Waals surface area contributed by atoms with E-state index in [0.717, 1.165) is 49.1 Å². The van der Waals surface area contributed by atoms with Gasteiger partial charge in [-0.25, -0.2) is 4.79 Å². The van der Waals surface area contributed by atoms with E-state index in [1.165, 1.54) is 32.9 Å². The minimum atomic E-state index is -0.352. The van der Waals surface area contributed by atoms with Crippen LogP contribution in [0.1, 0.15) is 52.4 Å². The van der Waals surface area contributed by atoms with E-state index in [1.807, 2.05) is 11.6 Å². The number of nitrogens with one attached hydrogen (secondary N) is 1. The second-order valence-corrected chi connectivity index (χ2v) is 10.5. The highest BCUT2D eigenvalue weighted by atomic mass is 32.2. The summed E-state index contributed by atoms with van der Waals surface area (Å²) in [6, 6.07) is 2.13. The molecule has 0 unspecified atom stereocenters. The van der Waals surface area contributed by atoms with Crippen molar-refractivity contribution in [3.8, 4) is 11.4 Å². The monoisotopic (exact) mass is 490 g/mol. The van der Waals surface area contributed by atoms with Gasteiger partial charge in [-0.2, -0.15) is 0 Å². The number of rotatable bonds is 8. The average Bonchev–Trinajstić information content (AvgIpc) is 3.48. The van der Waals surface area contributed by atoms with Gasteiger partial charge < -0.3 is 14.6 Å². The molecular formula is C22H26N4O3S3. The fourth-order valence-electron chi connectivity index (χ4n) is 3.74. The van der Waals surface area contributed by atoms with Gasteiger partial charge in [-0.3, -0.25) is 4.79 Å². The molecule has 1 amide bonds. The van der Waals surface area contributed by atoms with Crippen LogP contribution < -0.4 is 5.32 Å². The number of nitrogens with zero attached hydrogens (tertiary/aromatic N) is 3. The highest BCUT2D eigenvalue weighted by Gasteiger charge is 2.27. The topological polar surface area (TPSA) is 86.1 Å². The van der Waals surface area contributed by atoms with Crippen molar-refractivity contribution < 1.29 is 14.3 Å². The number of aromatic nitrogens is 3. The molecule has 170 valence electrons. The summed E-state index contributed by atoms with van der Waals surface area (Å²) in [4.78, 5) is 27.8. The van der Waals surface area contributed by atoms with E-state index < -0.39 is 0 Å². The van der Waals surface area contributed by atoms with Crippen LogP contribution in [-0.2, 0) is 35.8 Å². The number of ether oxygens (including phenoxy) is 1. The summed E-state index contributed by atoms with van der Waals surface area (Å²) in [7, 11) is 1.91. The van der Waals surface area contributed by atoms with E-state index in [9.17, 15) is 9.59 Å². The lowest BCUT2D eigenvalue weighted by Crippen LogP contribution is -2.17. The number of amides is 1. The van der Waals surface area contributed by atoms with E-state index in [4.69, 9.17) is 4.74 Å². The third-order valence-electron chi connectivity index (χ3n) is 5.33. The van der Waals surface area contributed by atoms with Crippen molar-refractivity contribution in [1.29, 1.82) is 0 Å². The Labute approximate surface area is 199 Å². The van der Waals surface area contributed by atoms with E-state index in [0.29, 0.717) is 22.3 Å². The largest absolute Gasteiger partial charge is 0.462 e. The SMILES string of the molecule is CCOC(=O)c1c(NC(=O)CSc2nnc(-c3csc(CC)c3)n2C)sc2c1CCCC2. The van der Waals surface area contributed by atoms with Crippen molar-refractivity contribution in [2.45, 2.75) is 51.1 Å². The second kappa shape index (κ2) is 10.2. The highest BCUT2D eigenvalue weighted by Crippen LogP contribution is 2.38. The molecule has 0 spiro atoms. The minimum absolute atomic E-state index is 0.174. The maximum Gasteiger partial charge on any atom is 0.341 e. The molecule has 1 N–H and O–H groups in total. The molecule has 0 bridgehead atoms. The van der Waals surface area contributed by atoms with Crippen LogP contribution >= 0.6 is 34.4 Å². The third-order valence-corrected chi connectivity index (χ3v) is 8.64. The summed E-state index contributed by atoms with van der Waals surface area (Å²) in [6.07, 6.45) is 4.95. The van der Waals surface area contributed by atoms with Gasteiger partial charge in [0.1, 0.15) is 5.00 Å². The van der Waals surface area contributed by atoms with Crippen LogP contribution in [0, 0.1) is 0 Å². The number of thiophene rings is 2. The molecule has 0 aromatic carbocycles. The van der Waals surface area contributed by atoms with Crippen LogP contribution in [0.15, 0.2) is 16.6 Å². The van der Waals surface area contributed by atoms with Gasteiger partial charge in [-0.05, 0) is 50.7 Å². The Morgan fingerprint density at radius 3 is 2.81 bits per heavy atom. The summed E-state index contributed by atoms with van der Waals surface area (Å²) in [5, 5.41) is 14.9. The number of fused-ring (bicyclic) bond motifs is 1. The van der Waals surface area contributed by atoms with Crippen molar-refractivity contribution >= 4 is 51.3 Å². The zero-order valence-corrected chi connectivity index (χ0v) is 20.8. The van der Waals surface area contributed by atoms with Gasteiger partial charge in [-0.15, -0.1) is 32.9 Å². The molecule has 0 saturated heterocycles. The van der Waals surface area contributed by atoms with Crippen LogP contribution in [0.5, 0.6) is 0 Å². The van der Waals surface area contributed by atoms with Crippen LogP contribution in [0.25, 0.3) is 11.4 Å². The first-order valence-electron chi connectivity index (χ1n) is 10.7. The fourth-order valence-corrected chi connectivity index (χ4v) is 6.56. The molecule has 32 heavy (non-hydrogen) atoms. The molecule has 1 aliphatic rings. The van der Waals surface area contributed by atoms with Crippen LogP contribution in [0.4, 0.5) is 5.00 Å². The number of hydrogen-bond donors (Lipinski definition) is 1. The average molecular weight is 491 g/mol. The maximum atomic E-state index is 12.7. The molecule has 10 heteroatoms. The van der Waals surface area contributed by atoms with Gasteiger partial charge in [0.05, 0.1) is 17.9 Å². The molecule has 0 fully saturated rings. The summed E-state index contributed by atoms with van der Waals surface area (Å²) in [5.74, 6) is 0.447. The molecule has 3 heterocycles. The van der Waals surface area contributed by atoms with E-state index in [2.05, 4.69) is 33.9 Å². The van der Waals surface area contributed by atoms with Gasteiger partial charge in [0.25, 0.3) is 0 Å². The number of carbonyl (C=O) groups is 2. The lowest BCUT2D eigenvalue weighted by molar-refractivity contribution is -0.113. The van der Waals surface area contributed by atoms with Crippen molar-refractivity contribution in [2.24, 2.45) is 7.05 Å². The van der Waals surface area contributed by atoms with Crippen LogP contribution in [-0.4, -0.2) is 39.0 Å². The van der Waals surface area contributed by atoms with Gasteiger partial charge >= 0.3 is 5.97 Å². The fraction of sp³-hybridized carbons (Fsp3) is 0.455. The third kappa shape index (κ3) is 4.77. The standard InChI is InChI=1S/C22H26N4O3S3/c1-4-14-10-13(11-30-14)19-24-25-22(26(19)3)31-12-17(27)23-20-18(21(28)29-5-2)15-8-6-7-9-16(15)32-20/h10-11H,4-9,12H2,1-3H3,(H,23,27). The molecule has 7 nitrogen and oxygen atoms in total. The highest BCUT2D eigenvalue weighted by molar-refractivity contribution is 7.99. The summed E-state index contributed by atoms with van der Waals surface area (Å²) < 4.78 is 7.17. The first-order chi connectivity index (χ1) is 15.5. The molecular weight excluding hydrogens is 464 g/mol. The Morgan fingerprint density at radius 1 is 1.25 bits per heavy atom. The van der Waals surface area contributed by atoms with Crippen LogP contribution in [0.3, 0.4) is 0 Å². The van der Waals surface area contributed by atoms with Gasteiger partial charge in [0, 0.05) is 27.7 Å². The zero-order chi connectivity index (χ0) is 22.7. The van der Waals surface area contributed by atoms with Crippen LogP contribution in [0.2, 0.25) is 0 Å². The Morgan fingerprint density at radius 2 is 2.06 bits per heavy atom. The summed E-state index contributed by atoms with van der Waals surface area (Å²) in [5.41, 5.74) is 2.62. The number of carbonyl (C=O) groups excluding carboxylic acids is 2. The predicted octanol–water partition coefficient (Wildman–Crippen LogP) is 4.95. The molecule has 1 aliphatic carbocycles. The Balaban J connectivity index is 1.45. The molecule has 3 aromatic rings. The molecule has 3 aromatic heterocycles. The van der Waals surface area contributed by atoms with Gasteiger partial charge in [0.2, 0.25) is 5.91 Å². The number of anilines is 1. The Bertz CT molecular complexity index is 1130. The second-order valence-electron chi connectivity index (χ2n) is 7.49. The normalized spacial score (nSPS) is 13.1. The number of hydrogen-bond acceptors (Lipinski definition) is 8. The lowest BCUT2D eigenvalue weighted by atomic mass is 9.95. The molecule has 0 aliphatic heterocycles.